The summed E-state index contributed by atoms with van der Waals surface area (Å²) in [4.78, 5) is 31.9. The number of aromatic amines is 1. The molecule has 0 bridgehead atoms. The number of halogens is 1. The number of rotatable bonds is 4. The van der Waals surface area contributed by atoms with Gasteiger partial charge in [-0.1, -0.05) is 29.8 Å². The van der Waals surface area contributed by atoms with E-state index in [2.05, 4.69) is 15.3 Å². The van der Waals surface area contributed by atoms with Gasteiger partial charge in [0.2, 0.25) is 0 Å². The highest BCUT2D eigenvalue weighted by molar-refractivity contribution is 6.33. The molecular formula is C21H15ClN4O3. The summed E-state index contributed by atoms with van der Waals surface area (Å²) in [6.07, 6.45) is 0. The minimum absolute atomic E-state index is 0.166. The maximum atomic E-state index is 12.6. The van der Waals surface area contributed by atoms with Crippen molar-refractivity contribution in [2.75, 3.05) is 5.32 Å². The molecule has 8 heteroatoms. The molecule has 4 aromatic rings. The molecule has 0 aliphatic rings. The van der Waals surface area contributed by atoms with Crippen LogP contribution in [0.3, 0.4) is 0 Å². The largest absolute Gasteiger partial charge is 0.338 e. The number of aromatic nitrogens is 2. The van der Waals surface area contributed by atoms with E-state index in [1.807, 2.05) is 24.3 Å². The quantitative estimate of drug-likeness (QED) is 0.300. The van der Waals surface area contributed by atoms with Crippen molar-refractivity contribution in [3.63, 3.8) is 0 Å². The van der Waals surface area contributed by atoms with Gasteiger partial charge < -0.3 is 10.3 Å². The number of benzene rings is 3. The van der Waals surface area contributed by atoms with Crippen LogP contribution in [0.5, 0.6) is 0 Å². The number of hydroxylamine groups is 1. The summed E-state index contributed by atoms with van der Waals surface area (Å²) in [5.41, 5.74) is 4.84. The fraction of sp³-hybridized carbons (Fsp3) is 0. The number of carbonyl (C=O) groups is 2. The molecule has 144 valence electrons. The van der Waals surface area contributed by atoms with E-state index in [9.17, 15) is 9.59 Å². The molecule has 0 unspecified atom stereocenters. The SMILES string of the molecule is O=C(NO)c1cccc(C(=O)Nc2ccc(Cl)c(-c3nc4ccccc4[nH]3)c2)c1. The molecule has 7 nitrogen and oxygen atoms in total. The van der Waals surface area contributed by atoms with Crippen molar-refractivity contribution in [1.29, 1.82) is 0 Å². The minimum atomic E-state index is -0.696. The minimum Gasteiger partial charge on any atom is -0.338 e. The number of hydrogen-bond acceptors (Lipinski definition) is 4. The highest BCUT2D eigenvalue weighted by Gasteiger charge is 2.13. The first-order valence-electron chi connectivity index (χ1n) is 8.65. The van der Waals surface area contributed by atoms with Gasteiger partial charge >= 0.3 is 0 Å². The van der Waals surface area contributed by atoms with Crippen LogP contribution in [0.1, 0.15) is 20.7 Å². The number of imidazole rings is 1. The van der Waals surface area contributed by atoms with Crippen LogP contribution in [-0.2, 0) is 0 Å². The van der Waals surface area contributed by atoms with Gasteiger partial charge in [-0.25, -0.2) is 10.5 Å². The maximum absolute atomic E-state index is 12.6. The lowest BCUT2D eigenvalue weighted by molar-refractivity contribution is 0.0706. The monoisotopic (exact) mass is 406 g/mol. The number of para-hydroxylation sites is 2. The molecular weight excluding hydrogens is 392 g/mol. The second kappa shape index (κ2) is 7.75. The first-order valence-corrected chi connectivity index (χ1v) is 9.03. The Labute approximate surface area is 170 Å². The Kier molecular flexibility index (Phi) is 4.99. The van der Waals surface area contributed by atoms with Crippen molar-refractivity contribution in [3.05, 3.63) is 82.9 Å². The zero-order chi connectivity index (χ0) is 20.4. The Morgan fingerprint density at radius 1 is 0.931 bits per heavy atom. The molecule has 1 aromatic heterocycles. The average Bonchev–Trinajstić information content (AvgIpc) is 3.18. The Bertz CT molecular complexity index is 1200. The van der Waals surface area contributed by atoms with E-state index >= 15 is 0 Å². The predicted octanol–water partition coefficient (Wildman–Crippen LogP) is 4.25. The predicted molar refractivity (Wildman–Crippen MR) is 110 cm³/mol. The number of nitrogens with one attached hydrogen (secondary N) is 3. The number of fused-ring (bicyclic) bond motifs is 1. The standard InChI is InChI=1S/C21H15ClN4O3/c22-16-9-8-14(11-15(16)19-24-17-6-1-2-7-18(17)25-19)23-20(27)12-4-3-5-13(10-12)21(28)26-29/h1-11,29H,(H,23,27)(H,24,25)(H,26,28). The third kappa shape index (κ3) is 3.82. The Morgan fingerprint density at radius 2 is 1.69 bits per heavy atom. The topological polar surface area (TPSA) is 107 Å². The fourth-order valence-electron chi connectivity index (χ4n) is 2.93. The fourth-order valence-corrected chi connectivity index (χ4v) is 3.14. The number of anilines is 1. The van der Waals surface area contributed by atoms with E-state index in [0.717, 1.165) is 11.0 Å². The maximum Gasteiger partial charge on any atom is 0.274 e. The first kappa shape index (κ1) is 18.7. The molecule has 4 rings (SSSR count). The van der Waals surface area contributed by atoms with Gasteiger partial charge in [-0.15, -0.1) is 0 Å². The summed E-state index contributed by atoms with van der Waals surface area (Å²) >= 11 is 6.34. The summed E-state index contributed by atoms with van der Waals surface area (Å²) in [5, 5.41) is 12.0. The lowest BCUT2D eigenvalue weighted by Gasteiger charge is -2.09. The zero-order valence-corrected chi connectivity index (χ0v) is 15.7. The van der Waals surface area contributed by atoms with Crippen LogP contribution in [0, 0.1) is 0 Å². The van der Waals surface area contributed by atoms with Crippen molar-refractivity contribution in [1.82, 2.24) is 15.4 Å². The Balaban J connectivity index is 1.62. The van der Waals surface area contributed by atoms with Gasteiger partial charge in [-0.05, 0) is 48.5 Å². The van der Waals surface area contributed by atoms with Crippen LogP contribution in [-0.4, -0.2) is 27.0 Å². The Morgan fingerprint density at radius 3 is 2.45 bits per heavy atom. The van der Waals surface area contributed by atoms with Crippen molar-refractivity contribution in [2.45, 2.75) is 0 Å². The summed E-state index contributed by atoms with van der Waals surface area (Å²) in [6, 6.07) is 18.7. The molecule has 29 heavy (non-hydrogen) atoms. The van der Waals surface area contributed by atoms with Crippen LogP contribution >= 0.6 is 11.6 Å². The van der Waals surface area contributed by atoms with Gasteiger partial charge in [0.15, 0.2) is 0 Å². The molecule has 0 aliphatic carbocycles. The molecule has 0 fully saturated rings. The normalized spacial score (nSPS) is 10.7. The van der Waals surface area contributed by atoms with Crippen molar-refractivity contribution < 1.29 is 14.8 Å². The van der Waals surface area contributed by atoms with Gasteiger partial charge in [-0.2, -0.15) is 0 Å². The van der Waals surface area contributed by atoms with Gasteiger partial charge in [0.25, 0.3) is 11.8 Å². The summed E-state index contributed by atoms with van der Waals surface area (Å²) < 4.78 is 0. The molecule has 0 radical (unpaired) electrons. The molecule has 3 aromatic carbocycles. The lowest BCUT2D eigenvalue weighted by atomic mass is 10.1. The van der Waals surface area contributed by atoms with Gasteiger partial charge in [-0.3, -0.25) is 14.8 Å². The highest BCUT2D eigenvalue weighted by Crippen LogP contribution is 2.30. The number of H-pyrrole nitrogens is 1. The molecule has 1 heterocycles. The van der Waals surface area contributed by atoms with Gasteiger partial charge in [0.05, 0.1) is 16.1 Å². The van der Waals surface area contributed by atoms with E-state index in [4.69, 9.17) is 16.8 Å². The van der Waals surface area contributed by atoms with Crippen LogP contribution < -0.4 is 10.8 Å². The zero-order valence-electron chi connectivity index (χ0n) is 14.9. The van der Waals surface area contributed by atoms with Crippen molar-refractivity contribution >= 4 is 40.1 Å². The smallest absolute Gasteiger partial charge is 0.274 e. The van der Waals surface area contributed by atoms with E-state index in [1.165, 1.54) is 12.1 Å². The van der Waals surface area contributed by atoms with Gasteiger partial charge in [0, 0.05) is 22.4 Å². The van der Waals surface area contributed by atoms with Gasteiger partial charge in [0.1, 0.15) is 5.82 Å². The van der Waals surface area contributed by atoms with E-state index in [0.29, 0.717) is 22.1 Å². The number of amides is 2. The van der Waals surface area contributed by atoms with E-state index in [-0.39, 0.29) is 11.1 Å². The lowest BCUT2D eigenvalue weighted by Crippen LogP contribution is -2.19. The molecule has 0 saturated carbocycles. The highest BCUT2D eigenvalue weighted by atomic mass is 35.5. The molecule has 0 aliphatic heterocycles. The molecule has 4 N–H and O–H groups in total. The van der Waals surface area contributed by atoms with Crippen LogP contribution in [0.25, 0.3) is 22.4 Å². The molecule has 0 atom stereocenters. The summed E-state index contributed by atoms with van der Waals surface area (Å²) in [5.74, 6) is -0.511. The second-order valence-electron chi connectivity index (χ2n) is 6.27. The van der Waals surface area contributed by atoms with E-state index in [1.54, 1.807) is 35.8 Å². The van der Waals surface area contributed by atoms with Crippen molar-refractivity contribution in [3.8, 4) is 11.4 Å². The first-order chi connectivity index (χ1) is 14.0. The Hall–Kier alpha value is -3.68. The van der Waals surface area contributed by atoms with Crippen LogP contribution in [0.15, 0.2) is 66.7 Å². The summed E-state index contributed by atoms with van der Waals surface area (Å²) in [6.45, 7) is 0. The van der Waals surface area contributed by atoms with Crippen LogP contribution in [0.2, 0.25) is 5.02 Å². The summed E-state index contributed by atoms with van der Waals surface area (Å²) in [7, 11) is 0. The second-order valence-corrected chi connectivity index (χ2v) is 6.68. The number of nitrogens with zero attached hydrogens (tertiary/aromatic N) is 1. The number of carbonyl (C=O) groups excluding carboxylic acids is 2. The van der Waals surface area contributed by atoms with Crippen molar-refractivity contribution in [2.24, 2.45) is 0 Å². The molecule has 0 saturated heterocycles. The molecule has 2 amide bonds. The number of hydrogen-bond donors (Lipinski definition) is 4. The molecule has 0 spiro atoms. The third-order valence-corrected chi connectivity index (χ3v) is 4.69. The van der Waals surface area contributed by atoms with E-state index < -0.39 is 11.8 Å². The average molecular weight is 407 g/mol. The van der Waals surface area contributed by atoms with Crippen LogP contribution in [0.4, 0.5) is 5.69 Å². The third-order valence-electron chi connectivity index (χ3n) is 4.36.